The number of rotatable bonds is 3. The fraction of sp³-hybridized carbons (Fsp3) is 0.462. The van der Waals surface area contributed by atoms with Crippen molar-refractivity contribution >= 4 is 5.69 Å². The Labute approximate surface area is 96.5 Å². The minimum absolute atomic E-state index is 0.732. The molecule has 1 aliphatic rings. The molecular formula is C13H17N3. The van der Waals surface area contributed by atoms with E-state index in [2.05, 4.69) is 16.7 Å². The van der Waals surface area contributed by atoms with Gasteiger partial charge in [-0.05, 0) is 56.1 Å². The first-order valence-electron chi connectivity index (χ1n) is 5.75. The Morgan fingerprint density at radius 2 is 2.44 bits per heavy atom. The van der Waals surface area contributed by atoms with Gasteiger partial charge in [0.15, 0.2) is 0 Å². The van der Waals surface area contributed by atoms with Crippen molar-refractivity contribution in [2.24, 2.45) is 5.92 Å². The monoisotopic (exact) mass is 215 g/mol. The lowest BCUT2D eigenvalue weighted by atomic mass is 10.1. The van der Waals surface area contributed by atoms with E-state index in [9.17, 15) is 0 Å². The summed E-state index contributed by atoms with van der Waals surface area (Å²) >= 11 is 0. The van der Waals surface area contributed by atoms with Crippen LogP contribution in [0, 0.1) is 24.2 Å². The Morgan fingerprint density at radius 3 is 3.06 bits per heavy atom. The van der Waals surface area contributed by atoms with Crippen molar-refractivity contribution in [1.29, 1.82) is 5.26 Å². The van der Waals surface area contributed by atoms with E-state index in [1.807, 2.05) is 25.1 Å². The molecule has 1 unspecified atom stereocenters. The van der Waals surface area contributed by atoms with Gasteiger partial charge < -0.3 is 10.6 Å². The third kappa shape index (κ3) is 2.53. The molecular weight excluding hydrogens is 198 g/mol. The molecule has 1 aromatic carbocycles. The molecule has 2 N–H and O–H groups in total. The molecule has 0 aliphatic carbocycles. The van der Waals surface area contributed by atoms with Crippen LogP contribution in [0.15, 0.2) is 18.2 Å². The molecule has 0 bridgehead atoms. The number of hydrogen-bond acceptors (Lipinski definition) is 3. The maximum absolute atomic E-state index is 8.83. The molecule has 0 aromatic heterocycles. The van der Waals surface area contributed by atoms with Crippen LogP contribution in [-0.2, 0) is 0 Å². The van der Waals surface area contributed by atoms with Gasteiger partial charge in [0, 0.05) is 12.2 Å². The van der Waals surface area contributed by atoms with E-state index < -0.39 is 0 Å². The zero-order valence-corrected chi connectivity index (χ0v) is 9.59. The molecule has 1 aliphatic heterocycles. The Kier molecular flexibility index (Phi) is 3.43. The normalized spacial score (nSPS) is 19.4. The second kappa shape index (κ2) is 5.00. The summed E-state index contributed by atoms with van der Waals surface area (Å²) in [6.07, 6.45) is 1.25. The molecule has 0 amide bonds. The van der Waals surface area contributed by atoms with E-state index in [1.54, 1.807) is 0 Å². The second-order valence-corrected chi connectivity index (χ2v) is 4.38. The summed E-state index contributed by atoms with van der Waals surface area (Å²) in [5.41, 5.74) is 2.91. The summed E-state index contributed by atoms with van der Waals surface area (Å²) in [5, 5.41) is 15.6. The zero-order valence-electron chi connectivity index (χ0n) is 9.59. The number of anilines is 1. The molecule has 0 saturated carbocycles. The first-order valence-corrected chi connectivity index (χ1v) is 5.75. The fourth-order valence-corrected chi connectivity index (χ4v) is 2.05. The van der Waals surface area contributed by atoms with Gasteiger partial charge in [0.25, 0.3) is 0 Å². The summed E-state index contributed by atoms with van der Waals surface area (Å²) in [7, 11) is 0. The van der Waals surface area contributed by atoms with E-state index in [0.717, 1.165) is 42.4 Å². The van der Waals surface area contributed by atoms with Gasteiger partial charge in [0.05, 0.1) is 11.6 Å². The molecule has 2 rings (SSSR count). The van der Waals surface area contributed by atoms with Gasteiger partial charge in [0.2, 0.25) is 0 Å². The van der Waals surface area contributed by atoms with Crippen molar-refractivity contribution in [3.05, 3.63) is 29.3 Å². The first kappa shape index (κ1) is 11.0. The van der Waals surface area contributed by atoms with Crippen molar-refractivity contribution in [2.75, 3.05) is 25.0 Å². The molecule has 1 saturated heterocycles. The lowest BCUT2D eigenvalue weighted by molar-refractivity contribution is 0.615. The van der Waals surface area contributed by atoms with Crippen LogP contribution in [0.4, 0.5) is 5.69 Å². The average molecular weight is 215 g/mol. The molecule has 1 heterocycles. The highest BCUT2D eigenvalue weighted by atomic mass is 14.9. The van der Waals surface area contributed by atoms with E-state index in [-0.39, 0.29) is 0 Å². The van der Waals surface area contributed by atoms with Crippen LogP contribution in [0.2, 0.25) is 0 Å². The maximum atomic E-state index is 8.83. The Balaban J connectivity index is 1.94. The average Bonchev–Trinajstić information content (AvgIpc) is 2.79. The van der Waals surface area contributed by atoms with Crippen molar-refractivity contribution in [2.45, 2.75) is 13.3 Å². The van der Waals surface area contributed by atoms with Gasteiger partial charge in [-0.25, -0.2) is 0 Å². The van der Waals surface area contributed by atoms with Gasteiger partial charge >= 0.3 is 0 Å². The molecule has 0 spiro atoms. The molecule has 3 nitrogen and oxygen atoms in total. The third-order valence-electron chi connectivity index (χ3n) is 3.10. The van der Waals surface area contributed by atoms with Crippen molar-refractivity contribution in [3.63, 3.8) is 0 Å². The lowest BCUT2D eigenvalue weighted by Gasteiger charge is -2.12. The summed E-state index contributed by atoms with van der Waals surface area (Å²) in [5.74, 6) is 0.732. The quantitative estimate of drug-likeness (QED) is 0.809. The highest BCUT2D eigenvalue weighted by Gasteiger charge is 2.13. The molecule has 84 valence electrons. The van der Waals surface area contributed by atoms with Gasteiger partial charge in [-0.3, -0.25) is 0 Å². The fourth-order valence-electron chi connectivity index (χ4n) is 2.05. The van der Waals surface area contributed by atoms with Crippen LogP contribution in [0.25, 0.3) is 0 Å². The summed E-state index contributed by atoms with van der Waals surface area (Å²) < 4.78 is 0. The zero-order chi connectivity index (χ0) is 11.4. The second-order valence-electron chi connectivity index (χ2n) is 4.38. The molecule has 1 fully saturated rings. The summed E-state index contributed by atoms with van der Waals surface area (Å²) in [4.78, 5) is 0. The van der Waals surface area contributed by atoms with Gasteiger partial charge in [-0.2, -0.15) is 5.26 Å². The Morgan fingerprint density at radius 1 is 1.56 bits per heavy atom. The number of hydrogen-bond donors (Lipinski definition) is 2. The topological polar surface area (TPSA) is 47.8 Å². The van der Waals surface area contributed by atoms with Crippen molar-refractivity contribution in [1.82, 2.24) is 5.32 Å². The third-order valence-corrected chi connectivity index (χ3v) is 3.10. The van der Waals surface area contributed by atoms with Crippen LogP contribution in [0.1, 0.15) is 17.5 Å². The van der Waals surface area contributed by atoms with E-state index in [0.29, 0.717) is 0 Å². The van der Waals surface area contributed by atoms with E-state index in [4.69, 9.17) is 5.26 Å². The highest BCUT2D eigenvalue weighted by Crippen LogP contribution is 2.16. The van der Waals surface area contributed by atoms with Gasteiger partial charge in [-0.1, -0.05) is 0 Å². The minimum Gasteiger partial charge on any atom is -0.385 e. The van der Waals surface area contributed by atoms with Crippen LogP contribution < -0.4 is 10.6 Å². The molecule has 1 aromatic rings. The molecule has 1 atom stereocenters. The highest BCUT2D eigenvalue weighted by molar-refractivity contribution is 5.51. The smallest absolute Gasteiger partial charge is 0.0994 e. The Hall–Kier alpha value is -1.53. The number of aryl methyl sites for hydroxylation is 1. The standard InChI is InChI=1S/C13H17N3/c1-10-6-13(3-2-12(10)7-14)16-9-11-4-5-15-8-11/h2-3,6,11,15-16H,4-5,8-9H2,1H3. The van der Waals surface area contributed by atoms with Crippen molar-refractivity contribution in [3.8, 4) is 6.07 Å². The Bertz CT molecular complexity index is 400. The predicted molar refractivity (Wildman–Crippen MR) is 65.4 cm³/mol. The van der Waals surface area contributed by atoms with Crippen LogP contribution >= 0.6 is 0 Å². The summed E-state index contributed by atoms with van der Waals surface area (Å²) in [6, 6.07) is 8.08. The summed E-state index contributed by atoms with van der Waals surface area (Å²) in [6.45, 7) is 5.24. The SMILES string of the molecule is Cc1cc(NCC2CCNC2)ccc1C#N. The predicted octanol–water partition coefficient (Wildman–Crippen LogP) is 1.89. The number of nitrogens with zero attached hydrogens (tertiary/aromatic N) is 1. The minimum atomic E-state index is 0.732. The number of benzene rings is 1. The van der Waals surface area contributed by atoms with Crippen molar-refractivity contribution < 1.29 is 0 Å². The molecule has 0 radical (unpaired) electrons. The van der Waals surface area contributed by atoms with E-state index >= 15 is 0 Å². The lowest BCUT2D eigenvalue weighted by Crippen LogP contribution is -2.17. The maximum Gasteiger partial charge on any atom is 0.0994 e. The van der Waals surface area contributed by atoms with Gasteiger partial charge in [0.1, 0.15) is 0 Å². The molecule has 3 heteroatoms. The molecule has 16 heavy (non-hydrogen) atoms. The number of nitrogens with one attached hydrogen (secondary N) is 2. The van der Waals surface area contributed by atoms with E-state index in [1.165, 1.54) is 6.42 Å². The number of nitriles is 1. The van der Waals surface area contributed by atoms with Crippen LogP contribution in [0.5, 0.6) is 0 Å². The van der Waals surface area contributed by atoms with Crippen LogP contribution in [0.3, 0.4) is 0 Å². The van der Waals surface area contributed by atoms with Crippen LogP contribution in [-0.4, -0.2) is 19.6 Å². The largest absolute Gasteiger partial charge is 0.385 e. The first-order chi connectivity index (χ1) is 7.79. The van der Waals surface area contributed by atoms with Gasteiger partial charge in [-0.15, -0.1) is 0 Å².